The van der Waals surface area contributed by atoms with Crippen molar-refractivity contribution in [1.82, 2.24) is 21.5 Å². The van der Waals surface area contributed by atoms with Gasteiger partial charge in [-0.2, -0.15) is 0 Å². The highest BCUT2D eigenvalue weighted by atomic mass is 35.5. The van der Waals surface area contributed by atoms with Crippen molar-refractivity contribution in [2.45, 2.75) is 24.7 Å². The second-order valence-corrected chi connectivity index (χ2v) is 5.34. The minimum atomic E-state index is -0.828. The Hall–Kier alpha value is -1.42. The Labute approximate surface area is 159 Å². The first-order valence-corrected chi connectivity index (χ1v) is 7.50. The fourth-order valence-electron chi connectivity index (χ4n) is 2.30. The Kier molecular flexibility index (Phi) is 11.3. The summed E-state index contributed by atoms with van der Waals surface area (Å²) in [7, 11) is 1.47. The quantitative estimate of drug-likeness (QED) is 0.430. The third-order valence-electron chi connectivity index (χ3n) is 3.52. The van der Waals surface area contributed by atoms with Gasteiger partial charge in [0.1, 0.15) is 12.1 Å². The zero-order chi connectivity index (χ0) is 16.7. The van der Waals surface area contributed by atoms with E-state index in [2.05, 4.69) is 21.5 Å². The zero-order valence-corrected chi connectivity index (χ0v) is 15.5. The Morgan fingerprint density at radius 2 is 1.96 bits per heavy atom. The number of amides is 2. The van der Waals surface area contributed by atoms with Crippen LogP contribution in [0.5, 0.6) is 0 Å². The molecular weight excluding hydrogens is 369 g/mol. The molecule has 1 fully saturated rings. The zero-order valence-electron chi connectivity index (χ0n) is 13.9. The average Bonchev–Trinajstić information content (AvgIpc) is 3.06. The molecule has 0 aromatic heterocycles. The molecule has 8 nitrogen and oxygen atoms in total. The van der Waals surface area contributed by atoms with Crippen molar-refractivity contribution in [3.05, 3.63) is 35.9 Å². The van der Waals surface area contributed by atoms with Gasteiger partial charge < -0.3 is 21.1 Å². The van der Waals surface area contributed by atoms with Gasteiger partial charge in [0.05, 0.1) is 12.8 Å². The maximum Gasteiger partial charge on any atom is 0.248 e. The molecule has 1 saturated heterocycles. The topological polar surface area (TPSA) is 118 Å². The molecule has 3 atom stereocenters. The number of rotatable bonds is 7. The summed E-state index contributed by atoms with van der Waals surface area (Å²) in [6.45, 7) is 0.856. The van der Waals surface area contributed by atoms with Crippen LogP contribution in [-0.4, -0.2) is 44.3 Å². The maximum atomic E-state index is 12.5. The van der Waals surface area contributed by atoms with E-state index >= 15 is 0 Å². The van der Waals surface area contributed by atoms with Crippen LogP contribution >= 0.6 is 24.8 Å². The van der Waals surface area contributed by atoms with E-state index in [0.717, 1.165) is 13.0 Å². The van der Waals surface area contributed by atoms with E-state index in [-0.39, 0.29) is 43.5 Å². The minimum Gasteiger partial charge on any atom is -0.383 e. The first-order valence-electron chi connectivity index (χ1n) is 7.50. The molecule has 1 aliphatic heterocycles. The second-order valence-electron chi connectivity index (χ2n) is 5.34. The summed E-state index contributed by atoms with van der Waals surface area (Å²) in [4.78, 5) is 24.7. The van der Waals surface area contributed by atoms with Crippen LogP contribution < -0.4 is 27.2 Å². The third kappa shape index (κ3) is 7.15. The number of hydrazine groups is 1. The molecule has 1 aromatic carbocycles. The van der Waals surface area contributed by atoms with E-state index in [1.54, 1.807) is 12.1 Å². The standard InChI is InChI=1S/C15H23N5O3.2ClH/c1-23-9-11(16)14(21)19-13(10-5-3-2-4-6-10)15(22)18-12-7-8-17-20-12;;/h2-6,11-13,17,20H,7-9,16H2,1H3,(H,18,22)(H,19,21);2*1H. The van der Waals surface area contributed by atoms with Crippen molar-refractivity contribution in [1.29, 1.82) is 0 Å². The first-order chi connectivity index (χ1) is 11.1. The molecule has 2 amide bonds. The van der Waals surface area contributed by atoms with Crippen LogP contribution in [0.2, 0.25) is 0 Å². The number of methoxy groups -OCH3 is 1. The summed E-state index contributed by atoms with van der Waals surface area (Å²) in [5, 5.41) is 5.54. The van der Waals surface area contributed by atoms with Gasteiger partial charge in [0.25, 0.3) is 0 Å². The van der Waals surface area contributed by atoms with Crippen molar-refractivity contribution in [2.75, 3.05) is 20.3 Å². The molecule has 1 aliphatic rings. The van der Waals surface area contributed by atoms with Gasteiger partial charge in [0.15, 0.2) is 0 Å². The summed E-state index contributed by atoms with van der Waals surface area (Å²) >= 11 is 0. The van der Waals surface area contributed by atoms with E-state index in [0.29, 0.717) is 5.56 Å². The van der Waals surface area contributed by atoms with Crippen LogP contribution in [-0.2, 0) is 14.3 Å². The van der Waals surface area contributed by atoms with Gasteiger partial charge >= 0.3 is 0 Å². The Balaban J connectivity index is 0.00000288. The van der Waals surface area contributed by atoms with E-state index in [4.69, 9.17) is 10.5 Å². The highest BCUT2D eigenvalue weighted by molar-refractivity contribution is 5.90. The second kappa shape index (κ2) is 12.0. The minimum absolute atomic E-state index is 0. The highest BCUT2D eigenvalue weighted by Gasteiger charge is 2.27. The van der Waals surface area contributed by atoms with Crippen LogP contribution in [0.25, 0.3) is 0 Å². The average molecular weight is 394 g/mol. The number of nitrogens with one attached hydrogen (secondary N) is 4. The molecule has 0 radical (unpaired) electrons. The van der Waals surface area contributed by atoms with Crippen molar-refractivity contribution < 1.29 is 14.3 Å². The van der Waals surface area contributed by atoms with Gasteiger partial charge in [-0.05, 0) is 12.0 Å². The number of carbonyl (C=O) groups excluding carboxylic acids is 2. The number of benzene rings is 1. The van der Waals surface area contributed by atoms with Crippen molar-refractivity contribution in [2.24, 2.45) is 5.73 Å². The first kappa shape index (κ1) is 23.6. The molecule has 3 unspecified atom stereocenters. The smallest absolute Gasteiger partial charge is 0.248 e. The molecule has 0 bridgehead atoms. The predicted octanol–water partition coefficient (Wildman–Crippen LogP) is -0.399. The maximum absolute atomic E-state index is 12.5. The molecule has 0 aliphatic carbocycles. The van der Waals surface area contributed by atoms with Gasteiger partial charge in [-0.25, -0.2) is 5.43 Å². The molecule has 25 heavy (non-hydrogen) atoms. The Morgan fingerprint density at radius 1 is 1.28 bits per heavy atom. The van der Waals surface area contributed by atoms with Gasteiger partial charge in [-0.15, -0.1) is 24.8 Å². The van der Waals surface area contributed by atoms with Crippen LogP contribution in [0.1, 0.15) is 18.0 Å². The largest absolute Gasteiger partial charge is 0.383 e. The molecule has 142 valence electrons. The van der Waals surface area contributed by atoms with Crippen molar-refractivity contribution >= 4 is 36.6 Å². The summed E-state index contributed by atoms with van der Waals surface area (Å²) in [5.74, 6) is -0.733. The summed E-state index contributed by atoms with van der Waals surface area (Å²) in [6.07, 6.45) is 0.600. The Bertz CT molecular complexity index is 529. The molecule has 0 spiro atoms. The van der Waals surface area contributed by atoms with Gasteiger partial charge in [0.2, 0.25) is 11.8 Å². The molecule has 2 rings (SSSR count). The number of ether oxygens (including phenoxy) is 1. The molecule has 0 saturated carbocycles. The van der Waals surface area contributed by atoms with Crippen LogP contribution in [0.3, 0.4) is 0 Å². The number of hydrogen-bond acceptors (Lipinski definition) is 6. The summed E-state index contributed by atoms with van der Waals surface area (Å²) in [6, 6.07) is 7.40. The summed E-state index contributed by atoms with van der Waals surface area (Å²) in [5.41, 5.74) is 12.3. The van der Waals surface area contributed by atoms with E-state index in [9.17, 15) is 9.59 Å². The lowest BCUT2D eigenvalue weighted by atomic mass is 10.1. The van der Waals surface area contributed by atoms with E-state index in [1.807, 2.05) is 18.2 Å². The van der Waals surface area contributed by atoms with Crippen LogP contribution in [0, 0.1) is 0 Å². The Morgan fingerprint density at radius 3 is 2.52 bits per heavy atom. The number of nitrogens with two attached hydrogens (primary N) is 1. The fourth-order valence-corrected chi connectivity index (χ4v) is 2.30. The summed E-state index contributed by atoms with van der Waals surface area (Å²) < 4.78 is 4.88. The SMILES string of the molecule is COCC(N)C(=O)NC(C(=O)NC1CCNN1)c1ccccc1.Cl.Cl. The normalized spacial score (nSPS) is 18.2. The predicted molar refractivity (Wildman–Crippen MR) is 99.4 cm³/mol. The lowest BCUT2D eigenvalue weighted by molar-refractivity contribution is -0.130. The fraction of sp³-hybridized carbons (Fsp3) is 0.467. The monoisotopic (exact) mass is 393 g/mol. The molecule has 10 heteroatoms. The highest BCUT2D eigenvalue weighted by Crippen LogP contribution is 2.13. The molecule has 6 N–H and O–H groups in total. The van der Waals surface area contributed by atoms with Gasteiger partial charge in [-0.1, -0.05) is 30.3 Å². The van der Waals surface area contributed by atoms with Crippen LogP contribution in [0.15, 0.2) is 30.3 Å². The number of carbonyl (C=O) groups is 2. The lowest BCUT2D eigenvalue weighted by Gasteiger charge is -2.22. The van der Waals surface area contributed by atoms with Gasteiger partial charge in [0, 0.05) is 13.7 Å². The number of halogens is 2. The van der Waals surface area contributed by atoms with Gasteiger partial charge in [-0.3, -0.25) is 15.0 Å². The molecular formula is C15H25Cl2N5O3. The van der Waals surface area contributed by atoms with Crippen molar-refractivity contribution in [3.8, 4) is 0 Å². The van der Waals surface area contributed by atoms with E-state index in [1.165, 1.54) is 7.11 Å². The molecule has 1 heterocycles. The number of hydrogen-bond donors (Lipinski definition) is 5. The van der Waals surface area contributed by atoms with E-state index < -0.39 is 18.0 Å². The van der Waals surface area contributed by atoms with Crippen molar-refractivity contribution in [3.63, 3.8) is 0 Å². The van der Waals surface area contributed by atoms with Crippen LogP contribution in [0.4, 0.5) is 0 Å². The molecule has 1 aromatic rings. The third-order valence-corrected chi connectivity index (χ3v) is 3.52. The lowest BCUT2D eigenvalue weighted by Crippen LogP contribution is -2.52.